The molecule has 1 heterocycles. The molecule has 4 heteroatoms. The highest BCUT2D eigenvalue weighted by atomic mass is 16.3. The van der Waals surface area contributed by atoms with E-state index in [1.807, 2.05) is 20.8 Å². The molecule has 0 bridgehead atoms. The van der Waals surface area contributed by atoms with Gasteiger partial charge in [-0.15, -0.1) is 0 Å². The number of amides is 1. The Balaban J connectivity index is 2.56. The van der Waals surface area contributed by atoms with E-state index in [9.17, 15) is 4.79 Å². The first-order valence-electron chi connectivity index (χ1n) is 6.11. The largest absolute Gasteiger partial charge is 0.394 e. The highest BCUT2D eigenvalue weighted by Gasteiger charge is 2.37. The van der Waals surface area contributed by atoms with Crippen LogP contribution in [-0.2, 0) is 4.79 Å². The van der Waals surface area contributed by atoms with Crippen molar-refractivity contribution in [3.05, 3.63) is 0 Å². The van der Waals surface area contributed by atoms with E-state index in [4.69, 9.17) is 5.11 Å². The fraction of sp³-hybridized carbons (Fsp3) is 0.917. The molecule has 1 amide bonds. The molecule has 0 aliphatic carbocycles. The average Bonchev–Trinajstić information content (AvgIpc) is 2.29. The Kier molecular flexibility index (Phi) is 4.74. The van der Waals surface area contributed by atoms with E-state index < -0.39 is 0 Å². The summed E-state index contributed by atoms with van der Waals surface area (Å²) in [6.07, 6.45) is 2.23. The van der Waals surface area contributed by atoms with Crippen LogP contribution in [0.5, 0.6) is 0 Å². The van der Waals surface area contributed by atoms with Crippen molar-refractivity contribution in [1.29, 1.82) is 0 Å². The molecule has 2 unspecified atom stereocenters. The minimum Gasteiger partial charge on any atom is -0.394 e. The van der Waals surface area contributed by atoms with Crippen molar-refractivity contribution >= 4 is 5.91 Å². The fourth-order valence-electron chi connectivity index (χ4n) is 2.11. The highest BCUT2D eigenvalue weighted by molar-refractivity contribution is 5.82. The molecule has 4 nitrogen and oxygen atoms in total. The smallest absolute Gasteiger partial charge is 0.226 e. The number of hydrogen-bond acceptors (Lipinski definition) is 3. The molecule has 0 aromatic heterocycles. The van der Waals surface area contributed by atoms with E-state index in [2.05, 4.69) is 10.6 Å². The summed E-state index contributed by atoms with van der Waals surface area (Å²) in [5.74, 6) is 0.426. The summed E-state index contributed by atoms with van der Waals surface area (Å²) in [6.45, 7) is 7.75. The normalized spacial score (nSPS) is 23.9. The lowest BCUT2D eigenvalue weighted by Crippen LogP contribution is -2.49. The number of carbonyl (C=O) groups is 1. The van der Waals surface area contributed by atoms with Crippen LogP contribution in [-0.4, -0.2) is 36.8 Å². The number of rotatable bonds is 4. The first-order valence-corrected chi connectivity index (χ1v) is 6.11. The van der Waals surface area contributed by atoms with Crippen molar-refractivity contribution in [1.82, 2.24) is 10.6 Å². The van der Waals surface area contributed by atoms with Gasteiger partial charge < -0.3 is 15.7 Å². The minimum absolute atomic E-state index is 0.00919. The minimum atomic E-state index is -0.364. The van der Waals surface area contributed by atoms with E-state index in [1.165, 1.54) is 0 Å². The predicted molar refractivity (Wildman–Crippen MR) is 64.1 cm³/mol. The third-order valence-electron chi connectivity index (χ3n) is 3.55. The Labute approximate surface area is 97.8 Å². The fourth-order valence-corrected chi connectivity index (χ4v) is 2.11. The zero-order valence-corrected chi connectivity index (χ0v) is 10.5. The van der Waals surface area contributed by atoms with Crippen LogP contribution in [0.3, 0.4) is 0 Å². The maximum atomic E-state index is 12.1. The van der Waals surface area contributed by atoms with Crippen molar-refractivity contribution in [3.63, 3.8) is 0 Å². The van der Waals surface area contributed by atoms with Crippen LogP contribution < -0.4 is 10.6 Å². The number of nitrogens with one attached hydrogen (secondary N) is 2. The van der Waals surface area contributed by atoms with Crippen LogP contribution in [0.2, 0.25) is 0 Å². The average molecular weight is 228 g/mol. The number of aliphatic hydroxyl groups excluding tert-OH is 1. The predicted octanol–water partition coefficient (Wildman–Crippen LogP) is 0.509. The molecule has 3 N–H and O–H groups in total. The molecule has 1 saturated heterocycles. The molecule has 0 spiro atoms. The van der Waals surface area contributed by atoms with Gasteiger partial charge in [-0.05, 0) is 38.8 Å². The van der Waals surface area contributed by atoms with Gasteiger partial charge in [0.2, 0.25) is 5.91 Å². The van der Waals surface area contributed by atoms with E-state index in [0.717, 1.165) is 25.9 Å². The Hall–Kier alpha value is -0.610. The maximum absolute atomic E-state index is 12.1. The molecular formula is C12H24N2O2. The number of aliphatic hydroxyl groups is 1. The zero-order chi connectivity index (χ0) is 12.2. The van der Waals surface area contributed by atoms with Crippen molar-refractivity contribution in [2.24, 2.45) is 11.3 Å². The SMILES string of the molecule is CC(CO)NC(=O)C(C)(C)C1CCCNC1. The Morgan fingerprint density at radius 3 is 2.81 bits per heavy atom. The van der Waals surface area contributed by atoms with E-state index in [-0.39, 0.29) is 24.0 Å². The van der Waals surface area contributed by atoms with Gasteiger partial charge in [0.15, 0.2) is 0 Å². The van der Waals surface area contributed by atoms with E-state index in [1.54, 1.807) is 0 Å². The van der Waals surface area contributed by atoms with Gasteiger partial charge in [0.25, 0.3) is 0 Å². The van der Waals surface area contributed by atoms with Crippen molar-refractivity contribution < 1.29 is 9.90 Å². The van der Waals surface area contributed by atoms with Crippen molar-refractivity contribution in [2.75, 3.05) is 19.7 Å². The lowest BCUT2D eigenvalue weighted by atomic mass is 9.74. The summed E-state index contributed by atoms with van der Waals surface area (Å²) in [7, 11) is 0. The van der Waals surface area contributed by atoms with Gasteiger partial charge in [-0.1, -0.05) is 13.8 Å². The molecule has 2 atom stereocenters. The van der Waals surface area contributed by atoms with Gasteiger partial charge >= 0.3 is 0 Å². The summed E-state index contributed by atoms with van der Waals surface area (Å²) in [4.78, 5) is 12.1. The third kappa shape index (κ3) is 3.19. The molecule has 1 fully saturated rings. The standard InChI is InChI=1S/C12H24N2O2/c1-9(8-15)14-11(16)12(2,3)10-5-4-6-13-7-10/h9-10,13,15H,4-8H2,1-3H3,(H,14,16). The quantitative estimate of drug-likeness (QED) is 0.657. The van der Waals surface area contributed by atoms with Crippen LogP contribution in [0.4, 0.5) is 0 Å². The summed E-state index contributed by atoms with van der Waals surface area (Å²) in [6, 6.07) is -0.164. The number of carbonyl (C=O) groups excluding carboxylic acids is 1. The summed E-state index contributed by atoms with van der Waals surface area (Å²) < 4.78 is 0. The molecule has 1 rings (SSSR count). The Bertz CT molecular complexity index is 235. The summed E-state index contributed by atoms with van der Waals surface area (Å²) in [5, 5.41) is 15.1. The second kappa shape index (κ2) is 5.64. The lowest BCUT2D eigenvalue weighted by molar-refractivity contribution is -0.133. The highest BCUT2D eigenvalue weighted by Crippen LogP contribution is 2.31. The molecule has 0 aromatic carbocycles. The molecule has 1 aliphatic heterocycles. The molecule has 0 radical (unpaired) electrons. The second-order valence-corrected chi connectivity index (χ2v) is 5.32. The molecule has 16 heavy (non-hydrogen) atoms. The first-order chi connectivity index (χ1) is 7.48. The van der Waals surface area contributed by atoms with Gasteiger partial charge in [0.1, 0.15) is 0 Å². The molecule has 1 aliphatic rings. The third-order valence-corrected chi connectivity index (χ3v) is 3.55. The van der Waals surface area contributed by atoms with Gasteiger partial charge in [-0.2, -0.15) is 0 Å². The van der Waals surface area contributed by atoms with Gasteiger partial charge in [-0.3, -0.25) is 4.79 Å². The molecule has 0 saturated carbocycles. The van der Waals surface area contributed by atoms with Gasteiger partial charge in [0.05, 0.1) is 6.61 Å². The van der Waals surface area contributed by atoms with Gasteiger partial charge in [-0.25, -0.2) is 0 Å². The van der Waals surface area contributed by atoms with Crippen LogP contribution in [0.15, 0.2) is 0 Å². The summed E-state index contributed by atoms with van der Waals surface area (Å²) in [5.41, 5.74) is -0.364. The van der Waals surface area contributed by atoms with Crippen LogP contribution in [0.1, 0.15) is 33.6 Å². The Morgan fingerprint density at radius 2 is 2.31 bits per heavy atom. The molecular weight excluding hydrogens is 204 g/mol. The maximum Gasteiger partial charge on any atom is 0.226 e. The van der Waals surface area contributed by atoms with Crippen molar-refractivity contribution in [2.45, 2.75) is 39.7 Å². The van der Waals surface area contributed by atoms with Crippen molar-refractivity contribution in [3.8, 4) is 0 Å². The van der Waals surface area contributed by atoms with E-state index >= 15 is 0 Å². The van der Waals surface area contributed by atoms with Crippen LogP contribution in [0, 0.1) is 11.3 Å². The Morgan fingerprint density at radius 1 is 1.62 bits per heavy atom. The summed E-state index contributed by atoms with van der Waals surface area (Å²) >= 11 is 0. The zero-order valence-electron chi connectivity index (χ0n) is 10.5. The molecule has 94 valence electrons. The van der Waals surface area contributed by atoms with Crippen LogP contribution >= 0.6 is 0 Å². The van der Waals surface area contributed by atoms with E-state index in [0.29, 0.717) is 5.92 Å². The number of hydrogen-bond donors (Lipinski definition) is 3. The number of piperidine rings is 1. The first kappa shape index (κ1) is 13.5. The lowest BCUT2D eigenvalue weighted by Gasteiger charge is -2.36. The second-order valence-electron chi connectivity index (χ2n) is 5.32. The molecule has 0 aromatic rings. The van der Waals surface area contributed by atoms with Gasteiger partial charge in [0, 0.05) is 11.5 Å². The van der Waals surface area contributed by atoms with Crippen LogP contribution in [0.25, 0.3) is 0 Å². The topological polar surface area (TPSA) is 61.4 Å². The monoisotopic (exact) mass is 228 g/mol.